The van der Waals surface area contributed by atoms with Gasteiger partial charge in [-0.2, -0.15) is 9.61 Å². The van der Waals surface area contributed by atoms with Gasteiger partial charge < -0.3 is 4.90 Å². The Bertz CT molecular complexity index is 926. The molecule has 0 aromatic carbocycles. The number of hydrogen-bond donors (Lipinski definition) is 0. The molecule has 7 nitrogen and oxygen atoms in total. The summed E-state index contributed by atoms with van der Waals surface area (Å²) < 4.78 is 3.27. The lowest BCUT2D eigenvalue weighted by Crippen LogP contribution is -2.21. The van der Waals surface area contributed by atoms with Crippen molar-refractivity contribution in [2.75, 3.05) is 18.0 Å². The monoisotopic (exact) mass is 344 g/mol. The second-order valence-corrected chi connectivity index (χ2v) is 7.28. The van der Waals surface area contributed by atoms with Crippen LogP contribution in [0.25, 0.3) is 4.96 Å². The van der Waals surface area contributed by atoms with Crippen molar-refractivity contribution in [3.8, 4) is 0 Å². The van der Waals surface area contributed by atoms with Gasteiger partial charge in [0.25, 0.3) is 5.56 Å². The van der Waals surface area contributed by atoms with Crippen LogP contribution in [0.5, 0.6) is 0 Å². The zero-order valence-corrected chi connectivity index (χ0v) is 14.7. The number of hydrogen-bond acceptors (Lipinski definition) is 6. The molecule has 0 bridgehead atoms. The second-order valence-electron chi connectivity index (χ2n) is 6.35. The minimum atomic E-state index is -0.0922. The molecule has 1 aliphatic heterocycles. The van der Waals surface area contributed by atoms with Gasteiger partial charge in [-0.05, 0) is 30.7 Å². The third-order valence-electron chi connectivity index (χ3n) is 4.49. The average molecular weight is 344 g/mol. The van der Waals surface area contributed by atoms with E-state index in [2.05, 4.69) is 26.3 Å². The first-order valence-corrected chi connectivity index (χ1v) is 9.06. The van der Waals surface area contributed by atoms with Gasteiger partial charge in [0.2, 0.25) is 10.1 Å². The minimum Gasteiger partial charge on any atom is -0.346 e. The van der Waals surface area contributed by atoms with Crippen LogP contribution in [-0.4, -0.2) is 37.5 Å². The molecule has 126 valence electrons. The Labute approximate surface area is 143 Å². The molecule has 0 N–H and O–H groups in total. The zero-order chi connectivity index (χ0) is 16.7. The van der Waals surface area contributed by atoms with Gasteiger partial charge in [-0.1, -0.05) is 18.3 Å². The van der Waals surface area contributed by atoms with E-state index in [1.165, 1.54) is 21.4 Å². The van der Waals surface area contributed by atoms with Crippen LogP contribution >= 0.6 is 11.3 Å². The number of aromatic nitrogens is 5. The summed E-state index contributed by atoms with van der Waals surface area (Å²) in [6, 6.07) is 1.58. The summed E-state index contributed by atoms with van der Waals surface area (Å²) in [5.41, 5.74) is 2.01. The SMILES string of the molecule is CCc1cc(=O)n2nc(N3CCC(Cc4cnn(C)c4)C3)sc2n1. The fourth-order valence-electron chi connectivity index (χ4n) is 3.24. The van der Waals surface area contributed by atoms with Crippen molar-refractivity contribution in [3.05, 3.63) is 40.1 Å². The molecule has 0 spiro atoms. The molecule has 3 aromatic rings. The molecule has 1 saturated heterocycles. The largest absolute Gasteiger partial charge is 0.346 e. The fraction of sp³-hybridized carbons (Fsp3) is 0.500. The predicted octanol–water partition coefficient (Wildman–Crippen LogP) is 1.52. The Hall–Kier alpha value is -2.22. The molecular weight excluding hydrogens is 324 g/mol. The quantitative estimate of drug-likeness (QED) is 0.718. The molecule has 1 fully saturated rings. The predicted molar refractivity (Wildman–Crippen MR) is 93.7 cm³/mol. The Kier molecular flexibility index (Phi) is 3.84. The van der Waals surface area contributed by atoms with E-state index in [1.54, 1.807) is 6.07 Å². The van der Waals surface area contributed by atoms with Gasteiger partial charge in [0, 0.05) is 38.1 Å². The minimum absolute atomic E-state index is 0.0922. The van der Waals surface area contributed by atoms with Gasteiger partial charge in [0.15, 0.2) is 0 Å². The highest BCUT2D eigenvalue weighted by atomic mass is 32.1. The van der Waals surface area contributed by atoms with Crippen molar-refractivity contribution in [2.24, 2.45) is 13.0 Å². The van der Waals surface area contributed by atoms with E-state index >= 15 is 0 Å². The van der Waals surface area contributed by atoms with E-state index in [1.807, 2.05) is 24.9 Å². The summed E-state index contributed by atoms with van der Waals surface area (Å²) in [6.07, 6.45) is 6.95. The van der Waals surface area contributed by atoms with Crippen molar-refractivity contribution in [1.29, 1.82) is 0 Å². The lowest BCUT2D eigenvalue weighted by atomic mass is 10.0. The first-order chi connectivity index (χ1) is 11.6. The van der Waals surface area contributed by atoms with Crippen LogP contribution in [0.4, 0.5) is 5.13 Å². The average Bonchev–Trinajstić information content (AvgIpc) is 3.27. The summed E-state index contributed by atoms with van der Waals surface area (Å²) in [6.45, 7) is 3.94. The number of nitrogens with zero attached hydrogens (tertiary/aromatic N) is 6. The highest BCUT2D eigenvalue weighted by Crippen LogP contribution is 2.29. The van der Waals surface area contributed by atoms with Crippen molar-refractivity contribution >= 4 is 21.4 Å². The molecule has 1 atom stereocenters. The molecule has 1 aliphatic rings. The van der Waals surface area contributed by atoms with Gasteiger partial charge >= 0.3 is 0 Å². The molecule has 3 aromatic heterocycles. The van der Waals surface area contributed by atoms with E-state index < -0.39 is 0 Å². The summed E-state index contributed by atoms with van der Waals surface area (Å²) in [5, 5.41) is 9.61. The standard InChI is InChI=1S/C16H20N6OS/c1-3-13-7-14(23)22-15(18-13)24-16(19-22)21-5-4-11(10-21)6-12-8-17-20(2)9-12/h7-9,11H,3-6,10H2,1-2H3. The van der Waals surface area contributed by atoms with Gasteiger partial charge in [0.1, 0.15) is 0 Å². The van der Waals surface area contributed by atoms with E-state index in [9.17, 15) is 4.79 Å². The maximum atomic E-state index is 12.1. The molecular formula is C16H20N6OS. The van der Waals surface area contributed by atoms with Crippen LogP contribution in [0.1, 0.15) is 24.6 Å². The number of rotatable bonds is 4. The third-order valence-corrected chi connectivity index (χ3v) is 5.46. The van der Waals surface area contributed by atoms with Crippen molar-refractivity contribution in [2.45, 2.75) is 26.2 Å². The molecule has 0 amide bonds. The molecule has 1 unspecified atom stereocenters. The second kappa shape index (κ2) is 6.01. The number of fused-ring (bicyclic) bond motifs is 1. The summed E-state index contributed by atoms with van der Waals surface area (Å²) >= 11 is 1.50. The van der Waals surface area contributed by atoms with Gasteiger partial charge in [-0.3, -0.25) is 9.48 Å². The number of aryl methyl sites for hydroxylation is 2. The first kappa shape index (κ1) is 15.3. The maximum Gasteiger partial charge on any atom is 0.275 e. The van der Waals surface area contributed by atoms with Crippen LogP contribution in [-0.2, 0) is 19.9 Å². The molecule has 0 radical (unpaired) electrons. The smallest absolute Gasteiger partial charge is 0.275 e. The van der Waals surface area contributed by atoms with Crippen molar-refractivity contribution in [3.63, 3.8) is 0 Å². The van der Waals surface area contributed by atoms with Crippen LogP contribution in [0.15, 0.2) is 23.3 Å². The normalized spacial score (nSPS) is 17.9. The summed E-state index contributed by atoms with van der Waals surface area (Å²) in [5.74, 6) is 0.595. The Balaban J connectivity index is 1.53. The molecule has 4 heterocycles. The molecule has 0 aliphatic carbocycles. The highest BCUT2D eigenvalue weighted by Gasteiger charge is 2.26. The number of anilines is 1. The molecule has 0 saturated carbocycles. The Morgan fingerprint density at radius 3 is 3.04 bits per heavy atom. The van der Waals surface area contributed by atoms with Gasteiger partial charge in [0.05, 0.1) is 6.20 Å². The Morgan fingerprint density at radius 1 is 1.42 bits per heavy atom. The topological polar surface area (TPSA) is 68.3 Å². The van der Waals surface area contributed by atoms with Gasteiger partial charge in [-0.25, -0.2) is 4.98 Å². The highest BCUT2D eigenvalue weighted by molar-refractivity contribution is 7.20. The van der Waals surface area contributed by atoms with E-state index in [4.69, 9.17) is 0 Å². The summed E-state index contributed by atoms with van der Waals surface area (Å²) in [7, 11) is 1.95. The van der Waals surface area contributed by atoms with Crippen LogP contribution in [0.2, 0.25) is 0 Å². The van der Waals surface area contributed by atoms with E-state index in [0.717, 1.165) is 43.2 Å². The van der Waals surface area contributed by atoms with Crippen LogP contribution in [0, 0.1) is 5.92 Å². The van der Waals surface area contributed by atoms with Crippen molar-refractivity contribution < 1.29 is 0 Å². The fourth-order valence-corrected chi connectivity index (χ4v) is 4.20. The maximum absolute atomic E-state index is 12.1. The molecule has 4 rings (SSSR count). The van der Waals surface area contributed by atoms with Gasteiger partial charge in [-0.15, -0.1) is 5.10 Å². The van der Waals surface area contributed by atoms with E-state index in [-0.39, 0.29) is 5.56 Å². The lowest BCUT2D eigenvalue weighted by molar-refractivity contribution is 0.586. The lowest BCUT2D eigenvalue weighted by Gasteiger charge is -2.13. The molecule has 8 heteroatoms. The third kappa shape index (κ3) is 2.82. The summed E-state index contributed by atoms with van der Waals surface area (Å²) in [4.78, 5) is 19.6. The van der Waals surface area contributed by atoms with Crippen LogP contribution in [0.3, 0.4) is 0 Å². The Morgan fingerprint density at radius 2 is 2.29 bits per heavy atom. The van der Waals surface area contributed by atoms with E-state index in [0.29, 0.717) is 10.9 Å². The van der Waals surface area contributed by atoms with Crippen molar-refractivity contribution in [1.82, 2.24) is 24.4 Å². The molecule has 24 heavy (non-hydrogen) atoms. The first-order valence-electron chi connectivity index (χ1n) is 8.24. The zero-order valence-electron chi connectivity index (χ0n) is 13.8. The van der Waals surface area contributed by atoms with Crippen LogP contribution < -0.4 is 10.5 Å².